The number of nitrogens with zero attached hydrogens (tertiary/aromatic N) is 1. The number of carbonyl (C=O) groups excluding carboxylic acids is 1. The van der Waals surface area contributed by atoms with Crippen molar-refractivity contribution in [3.8, 4) is 0 Å². The Bertz CT molecular complexity index is 822. The van der Waals surface area contributed by atoms with Gasteiger partial charge in [-0.15, -0.1) is 0 Å². The van der Waals surface area contributed by atoms with Crippen molar-refractivity contribution in [2.45, 2.75) is 58.9 Å². The Hall–Kier alpha value is -2.42. The maximum absolute atomic E-state index is 12.3. The number of aliphatic imine (C=N–C) groups is 1. The molecule has 0 spiro atoms. The molecule has 0 heterocycles. The summed E-state index contributed by atoms with van der Waals surface area (Å²) in [7, 11) is 1.95. The van der Waals surface area contributed by atoms with Crippen molar-refractivity contribution < 1.29 is 4.79 Å². The van der Waals surface area contributed by atoms with Gasteiger partial charge in [0.05, 0.1) is 6.42 Å². The SMILES string of the molecule is C/N=C1\CCCCC1C(C)(C)Cc1ccc(CC(=O)NCc2ccccc2)cc1. The van der Waals surface area contributed by atoms with Crippen LogP contribution in [-0.4, -0.2) is 18.7 Å². The molecule has 3 heteroatoms. The van der Waals surface area contributed by atoms with Crippen molar-refractivity contribution in [3.05, 3.63) is 71.3 Å². The Balaban J connectivity index is 1.54. The van der Waals surface area contributed by atoms with Gasteiger partial charge in [-0.25, -0.2) is 0 Å². The van der Waals surface area contributed by atoms with Crippen LogP contribution in [0.15, 0.2) is 59.6 Å². The van der Waals surface area contributed by atoms with Gasteiger partial charge in [0.1, 0.15) is 0 Å². The minimum atomic E-state index is 0.0629. The van der Waals surface area contributed by atoms with E-state index in [9.17, 15) is 4.79 Å². The van der Waals surface area contributed by atoms with Crippen LogP contribution in [0.1, 0.15) is 56.2 Å². The molecule has 0 aromatic heterocycles. The fraction of sp³-hybridized carbons (Fsp3) is 0.462. The third-order valence-corrected chi connectivity index (χ3v) is 6.19. The van der Waals surface area contributed by atoms with Crippen molar-refractivity contribution in [2.24, 2.45) is 16.3 Å². The number of hydrogen-bond donors (Lipinski definition) is 1. The Kier molecular flexibility index (Phi) is 7.24. The summed E-state index contributed by atoms with van der Waals surface area (Å²) >= 11 is 0. The lowest BCUT2D eigenvalue weighted by molar-refractivity contribution is -0.120. The Morgan fingerprint density at radius 2 is 1.69 bits per heavy atom. The lowest BCUT2D eigenvalue weighted by Gasteiger charge is -2.38. The fourth-order valence-electron chi connectivity index (χ4n) is 4.57. The first-order chi connectivity index (χ1) is 14.0. The van der Waals surface area contributed by atoms with Gasteiger partial charge in [0.2, 0.25) is 5.91 Å². The molecular formula is C26H34N2O. The van der Waals surface area contributed by atoms with Crippen LogP contribution in [0.25, 0.3) is 0 Å². The average Bonchev–Trinajstić information content (AvgIpc) is 2.74. The molecule has 1 fully saturated rings. The van der Waals surface area contributed by atoms with Crippen molar-refractivity contribution >= 4 is 11.6 Å². The van der Waals surface area contributed by atoms with Crippen molar-refractivity contribution in [1.82, 2.24) is 5.32 Å². The number of rotatable bonds is 7. The lowest BCUT2D eigenvalue weighted by Crippen LogP contribution is -2.35. The van der Waals surface area contributed by atoms with Crippen LogP contribution in [0.3, 0.4) is 0 Å². The van der Waals surface area contributed by atoms with Crippen molar-refractivity contribution in [2.75, 3.05) is 7.05 Å². The molecule has 1 saturated carbocycles. The maximum atomic E-state index is 12.3. The van der Waals surface area contributed by atoms with Gasteiger partial charge in [-0.05, 0) is 47.8 Å². The summed E-state index contributed by atoms with van der Waals surface area (Å²) < 4.78 is 0. The third kappa shape index (κ3) is 6.03. The first-order valence-electron chi connectivity index (χ1n) is 10.8. The predicted octanol–water partition coefficient (Wildman–Crippen LogP) is 5.38. The summed E-state index contributed by atoms with van der Waals surface area (Å²) in [6, 6.07) is 18.6. The van der Waals surface area contributed by atoms with E-state index in [0.29, 0.717) is 18.9 Å². The number of benzene rings is 2. The molecule has 1 aliphatic carbocycles. The quantitative estimate of drug-likeness (QED) is 0.678. The molecule has 1 atom stereocenters. The molecule has 3 nitrogen and oxygen atoms in total. The standard InChI is InChI=1S/C26H34N2O/c1-26(2,23-11-7-8-12-24(23)27-3)18-21-15-13-20(14-16-21)17-25(29)28-19-22-9-5-4-6-10-22/h4-6,9-10,13-16,23H,7-8,11-12,17-19H2,1-3H3,(H,28,29)/b27-24+. The molecule has 1 N–H and O–H groups in total. The van der Waals surface area contributed by atoms with Crippen LogP contribution in [-0.2, 0) is 24.2 Å². The minimum Gasteiger partial charge on any atom is -0.352 e. The largest absolute Gasteiger partial charge is 0.352 e. The zero-order chi connectivity index (χ0) is 20.7. The monoisotopic (exact) mass is 390 g/mol. The molecule has 0 aliphatic heterocycles. The van der Waals surface area contributed by atoms with Crippen molar-refractivity contribution in [1.29, 1.82) is 0 Å². The van der Waals surface area contributed by atoms with Gasteiger partial charge in [0.15, 0.2) is 0 Å². The second-order valence-electron chi connectivity index (χ2n) is 8.93. The molecule has 154 valence electrons. The topological polar surface area (TPSA) is 41.5 Å². The van der Waals surface area contributed by atoms with E-state index in [1.165, 1.54) is 30.5 Å². The Morgan fingerprint density at radius 1 is 1.00 bits per heavy atom. The van der Waals surface area contributed by atoms with Crippen LogP contribution < -0.4 is 5.32 Å². The van der Waals surface area contributed by atoms with Gasteiger partial charge < -0.3 is 5.32 Å². The Labute approximate surface area is 175 Å². The minimum absolute atomic E-state index is 0.0629. The first-order valence-corrected chi connectivity index (χ1v) is 10.8. The second kappa shape index (κ2) is 9.87. The van der Waals surface area contributed by atoms with E-state index in [1.807, 2.05) is 37.4 Å². The second-order valence-corrected chi connectivity index (χ2v) is 8.93. The maximum Gasteiger partial charge on any atom is 0.224 e. The molecule has 0 radical (unpaired) electrons. The van der Waals surface area contributed by atoms with Gasteiger partial charge in [-0.2, -0.15) is 0 Å². The highest BCUT2D eigenvalue weighted by molar-refractivity contribution is 5.88. The Morgan fingerprint density at radius 3 is 2.38 bits per heavy atom. The number of amides is 1. The van der Waals surface area contributed by atoms with E-state index in [4.69, 9.17) is 0 Å². The van der Waals surface area contributed by atoms with E-state index in [2.05, 4.69) is 48.4 Å². The van der Waals surface area contributed by atoms with E-state index in [1.54, 1.807) is 0 Å². The van der Waals surface area contributed by atoms with Crippen LogP contribution in [0.4, 0.5) is 0 Å². The van der Waals surface area contributed by atoms with Crippen LogP contribution in [0.5, 0.6) is 0 Å². The number of nitrogens with one attached hydrogen (secondary N) is 1. The molecule has 29 heavy (non-hydrogen) atoms. The van der Waals surface area contributed by atoms with Crippen LogP contribution in [0.2, 0.25) is 0 Å². The normalized spacial score (nSPS) is 18.6. The summed E-state index contributed by atoms with van der Waals surface area (Å²) in [6.07, 6.45) is 6.45. The lowest BCUT2D eigenvalue weighted by atomic mass is 9.67. The van der Waals surface area contributed by atoms with Gasteiger partial charge in [0, 0.05) is 25.2 Å². The van der Waals surface area contributed by atoms with E-state index in [0.717, 1.165) is 24.0 Å². The molecule has 3 rings (SSSR count). The molecule has 0 bridgehead atoms. The smallest absolute Gasteiger partial charge is 0.224 e. The molecular weight excluding hydrogens is 356 g/mol. The zero-order valence-corrected chi connectivity index (χ0v) is 18.1. The van der Waals surface area contributed by atoms with Crippen molar-refractivity contribution in [3.63, 3.8) is 0 Å². The molecule has 0 saturated heterocycles. The van der Waals surface area contributed by atoms with Gasteiger partial charge in [-0.3, -0.25) is 9.79 Å². The number of carbonyl (C=O) groups is 1. The summed E-state index contributed by atoms with van der Waals surface area (Å²) in [5.74, 6) is 0.637. The molecule has 2 aromatic carbocycles. The van der Waals surface area contributed by atoms with Gasteiger partial charge in [0.25, 0.3) is 0 Å². The predicted molar refractivity (Wildman–Crippen MR) is 121 cm³/mol. The highest BCUT2D eigenvalue weighted by Crippen LogP contribution is 2.39. The highest BCUT2D eigenvalue weighted by Gasteiger charge is 2.34. The molecule has 2 aromatic rings. The summed E-state index contributed by atoms with van der Waals surface area (Å²) in [6.45, 7) is 5.33. The van der Waals surface area contributed by atoms with E-state index < -0.39 is 0 Å². The molecule has 1 aliphatic rings. The summed E-state index contributed by atoms with van der Waals surface area (Å²) in [5.41, 5.74) is 5.11. The van der Waals surface area contributed by atoms with Gasteiger partial charge >= 0.3 is 0 Å². The van der Waals surface area contributed by atoms with Crippen LogP contribution >= 0.6 is 0 Å². The van der Waals surface area contributed by atoms with Gasteiger partial charge in [-0.1, -0.05) is 74.9 Å². The zero-order valence-electron chi connectivity index (χ0n) is 18.1. The molecule has 1 amide bonds. The third-order valence-electron chi connectivity index (χ3n) is 6.19. The summed E-state index contributed by atoms with van der Waals surface area (Å²) in [4.78, 5) is 16.8. The van der Waals surface area contributed by atoms with E-state index >= 15 is 0 Å². The first kappa shape index (κ1) is 21.3. The fourth-order valence-corrected chi connectivity index (χ4v) is 4.57. The highest BCUT2D eigenvalue weighted by atomic mass is 16.1. The molecule has 1 unspecified atom stereocenters. The van der Waals surface area contributed by atoms with Crippen LogP contribution in [0, 0.1) is 11.3 Å². The van der Waals surface area contributed by atoms with E-state index in [-0.39, 0.29) is 11.3 Å². The number of hydrogen-bond acceptors (Lipinski definition) is 2. The summed E-state index contributed by atoms with van der Waals surface area (Å²) in [5, 5.41) is 3.00. The average molecular weight is 391 g/mol.